The average molecular weight is 382 g/mol. The monoisotopic (exact) mass is 381 g/mol. The fourth-order valence-electron chi connectivity index (χ4n) is 2.47. The lowest BCUT2D eigenvalue weighted by Gasteiger charge is -2.09. The number of halogens is 3. The van der Waals surface area contributed by atoms with Gasteiger partial charge in [0.2, 0.25) is 0 Å². The maximum absolute atomic E-state index is 14.0. The van der Waals surface area contributed by atoms with E-state index in [2.05, 4.69) is 20.6 Å². The van der Waals surface area contributed by atoms with Crippen LogP contribution in [0, 0.1) is 19.7 Å². The van der Waals surface area contributed by atoms with E-state index in [-0.39, 0.29) is 17.3 Å². The Kier molecular flexibility index (Phi) is 4.78. The Morgan fingerprint density at radius 2 is 2.08 bits per heavy atom. The highest BCUT2D eigenvalue weighted by atomic mass is 35.5. The third-order valence-electron chi connectivity index (χ3n) is 3.81. The molecule has 25 heavy (non-hydrogen) atoms. The second-order valence-electron chi connectivity index (χ2n) is 5.45. The molecule has 0 aliphatic rings. The van der Waals surface area contributed by atoms with Gasteiger partial charge in [-0.05, 0) is 26.0 Å². The molecule has 0 aliphatic heterocycles. The molecule has 0 atom stereocenters. The van der Waals surface area contributed by atoms with Crippen molar-refractivity contribution in [3.63, 3.8) is 0 Å². The van der Waals surface area contributed by atoms with Gasteiger partial charge in [-0.3, -0.25) is 14.6 Å². The maximum atomic E-state index is 14.0. The van der Waals surface area contributed by atoms with Gasteiger partial charge in [0.1, 0.15) is 11.5 Å². The fraction of sp³-hybridized carbons (Fsp3) is 0.188. The Labute approximate surface area is 152 Å². The SMILES string of the molecule is Cc1nn(Cc2c(F)cccc2Cl)c(C)c1NC(=O)c1[nH]ncc1Cl. The lowest BCUT2D eigenvalue weighted by molar-refractivity contribution is 0.102. The molecule has 2 aromatic heterocycles. The van der Waals surface area contributed by atoms with Gasteiger partial charge in [0.25, 0.3) is 5.91 Å². The molecule has 3 rings (SSSR count). The van der Waals surface area contributed by atoms with E-state index in [1.165, 1.54) is 12.3 Å². The van der Waals surface area contributed by atoms with Gasteiger partial charge in [-0.25, -0.2) is 4.39 Å². The minimum absolute atomic E-state index is 0.152. The summed E-state index contributed by atoms with van der Waals surface area (Å²) in [5.41, 5.74) is 2.28. The van der Waals surface area contributed by atoms with Gasteiger partial charge < -0.3 is 5.32 Å². The Morgan fingerprint density at radius 1 is 1.32 bits per heavy atom. The molecule has 2 heterocycles. The summed E-state index contributed by atoms with van der Waals surface area (Å²) in [6.07, 6.45) is 1.35. The molecular formula is C16H14Cl2FN5O. The number of nitrogens with one attached hydrogen (secondary N) is 2. The predicted octanol–water partition coefficient (Wildman–Crippen LogP) is 3.97. The summed E-state index contributed by atoms with van der Waals surface area (Å²) >= 11 is 12.0. The molecule has 0 aliphatic carbocycles. The van der Waals surface area contributed by atoms with Gasteiger partial charge in [0.15, 0.2) is 0 Å². The van der Waals surface area contributed by atoms with Crippen LogP contribution in [-0.2, 0) is 6.54 Å². The lowest BCUT2D eigenvalue weighted by atomic mass is 10.2. The zero-order valence-corrected chi connectivity index (χ0v) is 14.9. The van der Waals surface area contributed by atoms with Crippen LogP contribution in [0.3, 0.4) is 0 Å². The Bertz CT molecular complexity index is 930. The third-order valence-corrected chi connectivity index (χ3v) is 4.45. The number of H-pyrrole nitrogens is 1. The topological polar surface area (TPSA) is 75.6 Å². The number of benzene rings is 1. The van der Waals surface area contributed by atoms with Crippen LogP contribution in [0.4, 0.5) is 10.1 Å². The van der Waals surface area contributed by atoms with Crippen molar-refractivity contribution in [1.82, 2.24) is 20.0 Å². The maximum Gasteiger partial charge on any atom is 0.275 e. The van der Waals surface area contributed by atoms with E-state index in [0.717, 1.165) is 0 Å². The highest BCUT2D eigenvalue weighted by molar-refractivity contribution is 6.34. The number of aromatic amines is 1. The minimum Gasteiger partial charge on any atom is -0.317 e. The van der Waals surface area contributed by atoms with Gasteiger partial charge in [-0.2, -0.15) is 10.2 Å². The largest absolute Gasteiger partial charge is 0.317 e. The Balaban J connectivity index is 1.89. The number of nitrogens with zero attached hydrogens (tertiary/aromatic N) is 3. The molecule has 130 valence electrons. The van der Waals surface area contributed by atoms with Crippen molar-refractivity contribution in [2.45, 2.75) is 20.4 Å². The molecule has 1 aromatic carbocycles. The molecule has 9 heteroatoms. The van der Waals surface area contributed by atoms with Crippen LogP contribution in [0.2, 0.25) is 10.0 Å². The van der Waals surface area contributed by atoms with E-state index in [1.54, 1.807) is 30.7 Å². The molecule has 2 N–H and O–H groups in total. The smallest absolute Gasteiger partial charge is 0.275 e. The molecule has 3 aromatic rings. The summed E-state index contributed by atoms with van der Waals surface area (Å²) in [5.74, 6) is -0.841. The van der Waals surface area contributed by atoms with Gasteiger partial charge in [0.05, 0.1) is 34.8 Å². The summed E-state index contributed by atoms with van der Waals surface area (Å²) < 4.78 is 15.6. The van der Waals surface area contributed by atoms with Crippen LogP contribution < -0.4 is 5.32 Å². The first-order chi connectivity index (χ1) is 11.9. The molecular weight excluding hydrogens is 368 g/mol. The highest BCUT2D eigenvalue weighted by Gasteiger charge is 2.19. The van der Waals surface area contributed by atoms with Gasteiger partial charge in [-0.15, -0.1) is 0 Å². The second kappa shape index (κ2) is 6.85. The molecule has 0 fully saturated rings. The number of rotatable bonds is 4. The molecule has 0 saturated heterocycles. The van der Waals surface area contributed by atoms with Crippen LogP contribution in [0.5, 0.6) is 0 Å². The number of hydrogen-bond acceptors (Lipinski definition) is 3. The molecule has 1 amide bonds. The second-order valence-corrected chi connectivity index (χ2v) is 6.27. The number of carbonyl (C=O) groups excluding carboxylic acids is 1. The Hall–Kier alpha value is -2.38. The molecule has 0 spiro atoms. The van der Waals surface area contributed by atoms with Crippen LogP contribution in [-0.4, -0.2) is 25.9 Å². The minimum atomic E-state index is -0.433. The summed E-state index contributed by atoms with van der Waals surface area (Å²) in [6.45, 7) is 3.68. The van der Waals surface area contributed by atoms with Gasteiger partial charge in [-0.1, -0.05) is 29.3 Å². The first-order valence-electron chi connectivity index (χ1n) is 7.35. The van der Waals surface area contributed by atoms with Gasteiger partial charge in [0, 0.05) is 10.6 Å². The van der Waals surface area contributed by atoms with Crippen molar-refractivity contribution in [3.05, 3.63) is 62.9 Å². The molecule has 0 radical (unpaired) electrons. The van der Waals surface area contributed by atoms with Crippen molar-refractivity contribution in [1.29, 1.82) is 0 Å². The number of hydrogen-bond donors (Lipinski definition) is 2. The van der Waals surface area contributed by atoms with E-state index < -0.39 is 11.7 Å². The van der Waals surface area contributed by atoms with Crippen molar-refractivity contribution >= 4 is 34.8 Å². The number of anilines is 1. The van der Waals surface area contributed by atoms with Crippen LogP contribution >= 0.6 is 23.2 Å². The van der Waals surface area contributed by atoms with Crippen LogP contribution in [0.1, 0.15) is 27.4 Å². The van der Waals surface area contributed by atoms with Crippen LogP contribution in [0.25, 0.3) is 0 Å². The quantitative estimate of drug-likeness (QED) is 0.717. The van der Waals surface area contributed by atoms with E-state index in [9.17, 15) is 9.18 Å². The summed E-state index contributed by atoms with van der Waals surface area (Å²) in [6, 6.07) is 4.51. The number of aryl methyl sites for hydroxylation is 1. The third kappa shape index (κ3) is 3.38. The summed E-state index contributed by atoms with van der Waals surface area (Å²) in [4.78, 5) is 12.3. The zero-order valence-electron chi connectivity index (χ0n) is 13.4. The standard InChI is InChI=1S/C16H14Cl2FN5O/c1-8-14(21-16(25)15-12(18)6-20-22-15)9(2)24(23-8)7-10-11(17)4-3-5-13(10)19/h3-6H,7H2,1-2H3,(H,20,22)(H,21,25). The van der Waals surface area contributed by atoms with Crippen LogP contribution in [0.15, 0.2) is 24.4 Å². The van der Waals surface area contributed by atoms with Gasteiger partial charge >= 0.3 is 0 Å². The van der Waals surface area contributed by atoms with E-state index in [1.807, 2.05) is 0 Å². The summed E-state index contributed by atoms with van der Waals surface area (Å²) in [7, 11) is 0. The average Bonchev–Trinajstić information content (AvgIpc) is 3.09. The normalized spacial score (nSPS) is 10.9. The fourth-order valence-corrected chi connectivity index (χ4v) is 2.87. The number of aromatic nitrogens is 4. The predicted molar refractivity (Wildman–Crippen MR) is 93.8 cm³/mol. The van der Waals surface area contributed by atoms with Crippen molar-refractivity contribution in [3.8, 4) is 0 Å². The lowest BCUT2D eigenvalue weighted by Crippen LogP contribution is -2.14. The Morgan fingerprint density at radius 3 is 2.72 bits per heavy atom. The molecule has 0 saturated carbocycles. The van der Waals surface area contributed by atoms with E-state index in [0.29, 0.717) is 27.7 Å². The first kappa shape index (κ1) is 17.4. The van der Waals surface area contributed by atoms with Crippen molar-refractivity contribution < 1.29 is 9.18 Å². The van der Waals surface area contributed by atoms with Crippen molar-refractivity contribution in [2.75, 3.05) is 5.32 Å². The summed E-state index contributed by atoms with van der Waals surface area (Å²) in [5, 5.41) is 13.9. The molecule has 0 unspecified atom stereocenters. The zero-order chi connectivity index (χ0) is 18.1. The first-order valence-corrected chi connectivity index (χ1v) is 8.11. The number of amides is 1. The molecule has 0 bridgehead atoms. The highest BCUT2D eigenvalue weighted by Crippen LogP contribution is 2.25. The van der Waals surface area contributed by atoms with E-state index in [4.69, 9.17) is 23.2 Å². The molecule has 6 nitrogen and oxygen atoms in total. The number of carbonyl (C=O) groups is 1. The van der Waals surface area contributed by atoms with E-state index >= 15 is 0 Å². The van der Waals surface area contributed by atoms with Crippen molar-refractivity contribution in [2.24, 2.45) is 0 Å².